The molecule has 0 unspecified atom stereocenters. The molecule has 1 aromatic heterocycles. The van der Waals surface area contributed by atoms with E-state index < -0.39 is 5.63 Å². The van der Waals surface area contributed by atoms with Crippen molar-refractivity contribution in [2.75, 3.05) is 20.3 Å². The highest BCUT2D eigenvalue weighted by atomic mass is 16.5. The van der Waals surface area contributed by atoms with E-state index in [1.807, 2.05) is 12.1 Å². The molecule has 0 saturated carbocycles. The van der Waals surface area contributed by atoms with Crippen LogP contribution in [0.3, 0.4) is 0 Å². The first-order valence-electron chi connectivity index (χ1n) is 10.8. The maximum Gasteiger partial charge on any atom is 0.383 e. The van der Waals surface area contributed by atoms with Crippen LogP contribution in [0.1, 0.15) is 53.4 Å². The molecule has 0 aliphatic carbocycles. The summed E-state index contributed by atoms with van der Waals surface area (Å²) in [5.74, 6) is 0.997. The fourth-order valence-electron chi connectivity index (χ4n) is 3.09. The number of rotatable bonds is 12. The summed E-state index contributed by atoms with van der Waals surface area (Å²) in [6.07, 6.45) is 12.1. The molecule has 1 aromatic carbocycles. The maximum atomic E-state index is 12.5. The van der Waals surface area contributed by atoms with Crippen molar-refractivity contribution < 1.29 is 18.6 Å². The number of allylic oxidation sites excluding steroid dienone is 4. The zero-order valence-electron chi connectivity index (χ0n) is 19.3. The highest BCUT2D eigenvalue weighted by Crippen LogP contribution is 2.38. The summed E-state index contributed by atoms with van der Waals surface area (Å²) in [6, 6.07) is 5.35. The van der Waals surface area contributed by atoms with Crippen molar-refractivity contribution in [3.8, 4) is 17.2 Å². The predicted octanol–water partition coefficient (Wildman–Crippen LogP) is 6.61. The Morgan fingerprint density at radius 2 is 1.84 bits per heavy atom. The summed E-state index contributed by atoms with van der Waals surface area (Å²) in [7, 11) is 1.52. The Kier molecular flexibility index (Phi) is 9.95. The van der Waals surface area contributed by atoms with Crippen LogP contribution in [0.5, 0.6) is 17.2 Å². The molecule has 0 aliphatic heterocycles. The van der Waals surface area contributed by atoms with Crippen molar-refractivity contribution in [1.29, 1.82) is 0 Å². The molecule has 0 amide bonds. The van der Waals surface area contributed by atoms with Gasteiger partial charge in [-0.3, -0.25) is 0 Å². The SMILES string of the molecule is CC/C=C/CCOc1c(OC)c2c(OC/C=C(\C)CCC=C(C)C)cccc2oc1=O. The normalized spacial score (nSPS) is 11.7. The minimum Gasteiger partial charge on any atom is -0.492 e. The predicted molar refractivity (Wildman–Crippen MR) is 126 cm³/mol. The number of ether oxygens (including phenoxy) is 3. The maximum absolute atomic E-state index is 12.5. The Hall–Kier alpha value is -2.95. The first kappa shape index (κ1) is 24.3. The number of hydrogen-bond donors (Lipinski definition) is 0. The largest absolute Gasteiger partial charge is 0.492 e. The van der Waals surface area contributed by atoms with Gasteiger partial charge in [-0.05, 0) is 64.7 Å². The molecule has 168 valence electrons. The van der Waals surface area contributed by atoms with Crippen molar-refractivity contribution in [1.82, 2.24) is 0 Å². The van der Waals surface area contributed by atoms with Crippen LogP contribution >= 0.6 is 0 Å². The average Bonchev–Trinajstić information content (AvgIpc) is 2.73. The highest BCUT2D eigenvalue weighted by molar-refractivity contribution is 5.91. The average molecular weight is 427 g/mol. The van der Waals surface area contributed by atoms with E-state index in [2.05, 4.69) is 45.9 Å². The molecule has 0 radical (unpaired) electrons. The molecule has 2 rings (SSSR count). The van der Waals surface area contributed by atoms with E-state index in [9.17, 15) is 4.79 Å². The second-order valence-electron chi connectivity index (χ2n) is 7.58. The summed E-state index contributed by atoms with van der Waals surface area (Å²) in [5.41, 5.74) is 2.44. The van der Waals surface area contributed by atoms with Gasteiger partial charge in [0.25, 0.3) is 0 Å². The molecular weight excluding hydrogens is 392 g/mol. The van der Waals surface area contributed by atoms with Crippen LogP contribution in [0.25, 0.3) is 11.0 Å². The third-order valence-electron chi connectivity index (χ3n) is 4.71. The van der Waals surface area contributed by atoms with Crippen molar-refractivity contribution >= 4 is 11.0 Å². The third kappa shape index (κ3) is 7.35. The van der Waals surface area contributed by atoms with Crippen LogP contribution in [0, 0.1) is 0 Å². The minimum atomic E-state index is -0.559. The van der Waals surface area contributed by atoms with E-state index in [1.165, 1.54) is 18.3 Å². The number of benzene rings is 1. The van der Waals surface area contributed by atoms with Gasteiger partial charge in [0.15, 0.2) is 5.75 Å². The molecule has 0 atom stereocenters. The number of hydrogen-bond acceptors (Lipinski definition) is 5. The van der Waals surface area contributed by atoms with Gasteiger partial charge in [-0.15, -0.1) is 0 Å². The van der Waals surface area contributed by atoms with Crippen LogP contribution in [0.15, 0.2) is 62.9 Å². The molecule has 2 aromatic rings. The van der Waals surface area contributed by atoms with E-state index in [0.717, 1.165) is 19.3 Å². The van der Waals surface area contributed by atoms with Crippen molar-refractivity contribution in [2.45, 2.75) is 53.4 Å². The Labute approximate surface area is 185 Å². The van der Waals surface area contributed by atoms with Gasteiger partial charge in [-0.2, -0.15) is 0 Å². The molecule has 0 fully saturated rings. The lowest BCUT2D eigenvalue weighted by atomic mass is 10.1. The van der Waals surface area contributed by atoms with Crippen LogP contribution in [0.4, 0.5) is 0 Å². The van der Waals surface area contributed by atoms with Crippen molar-refractivity contribution in [2.24, 2.45) is 0 Å². The van der Waals surface area contributed by atoms with Crippen molar-refractivity contribution in [3.05, 3.63) is 64.1 Å². The zero-order valence-corrected chi connectivity index (χ0v) is 19.3. The smallest absolute Gasteiger partial charge is 0.383 e. The van der Waals surface area contributed by atoms with Gasteiger partial charge >= 0.3 is 5.63 Å². The Bertz CT molecular complexity index is 991. The third-order valence-corrected chi connectivity index (χ3v) is 4.71. The first-order chi connectivity index (χ1) is 15.0. The van der Waals surface area contributed by atoms with E-state index in [-0.39, 0.29) is 5.75 Å². The topological polar surface area (TPSA) is 57.9 Å². The number of fused-ring (bicyclic) bond motifs is 1. The molecule has 0 aliphatic rings. The van der Waals surface area contributed by atoms with E-state index in [4.69, 9.17) is 18.6 Å². The van der Waals surface area contributed by atoms with Gasteiger partial charge in [0.2, 0.25) is 5.75 Å². The monoisotopic (exact) mass is 426 g/mol. The fourth-order valence-corrected chi connectivity index (χ4v) is 3.09. The van der Waals surface area contributed by atoms with Crippen LogP contribution in [0.2, 0.25) is 0 Å². The minimum absolute atomic E-state index is 0.0735. The van der Waals surface area contributed by atoms with E-state index in [1.54, 1.807) is 12.1 Å². The van der Waals surface area contributed by atoms with Gasteiger partial charge < -0.3 is 18.6 Å². The Morgan fingerprint density at radius 3 is 2.55 bits per heavy atom. The van der Waals surface area contributed by atoms with Gasteiger partial charge in [0, 0.05) is 0 Å². The van der Waals surface area contributed by atoms with Crippen LogP contribution in [-0.4, -0.2) is 20.3 Å². The summed E-state index contributed by atoms with van der Waals surface area (Å²) in [6.45, 7) is 9.16. The molecule has 5 heteroatoms. The van der Waals surface area contributed by atoms with Crippen LogP contribution < -0.4 is 19.8 Å². The molecule has 5 nitrogen and oxygen atoms in total. The quantitative estimate of drug-likeness (QED) is 0.217. The van der Waals surface area contributed by atoms with Gasteiger partial charge in [-0.1, -0.05) is 42.4 Å². The summed E-state index contributed by atoms with van der Waals surface area (Å²) >= 11 is 0. The summed E-state index contributed by atoms with van der Waals surface area (Å²) in [5, 5.41) is 0.597. The van der Waals surface area contributed by atoms with Gasteiger partial charge in [0.1, 0.15) is 23.3 Å². The molecule has 0 N–H and O–H groups in total. The molecule has 0 bridgehead atoms. The van der Waals surface area contributed by atoms with Crippen LogP contribution in [-0.2, 0) is 0 Å². The van der Waals surface area contributed by atoms with Gasteiger partial charge in [0.05, 0.1) is 13.7 Å². The molecule has 1 heterocycles. The second kappa shape index (κ2) is 12.7. The second-order valence-corrected chi connectivity index (χ2v) is 7.58. The summed E-state index contributed by atoms with van der Waals surface area (Å²) in [4.78, 5) is 12.5. The molecular formula is C26H34O5. The molecule has 31 heavy (non-hydrogen) atoms. The lowest BCUT2D eigenvalue weighted by Crippen LogP contribution is -2.10. The Morgan fingerprint density at radius 1 is 1.03 bits per heavy atom. The van der Waals surface area contributed by atoms with E-state index >= 15 is 0 Å². The first-order valence-corrected chi connectivity index (χ1v) is 10.8. The zero-order chi connectivity index (χ0) is 22.6. The lowest BCUT2D eigenvalue weighted by molar-refractivity contribution is 0.284. The lowest BCUT2D eigenvalue weighted by Gasteiger charge is -2.14. The summed E-state index contributed by atoms with van der Waals surface area (Å²) < 4.78 is 22.8. The highest BCUT2D eigenvalue weighted by Gasteiger charge is 2.20. The molecule has 0 saturated heterocycles. The fraction of sp³-hybridized carbons (Fsp3) is 0.423. The number of methoxy groups -OCH3 is 1. The molecule has 0 spiro atoms. The standard InChI is InChI=1S/C26H34O5/c1-6-7-8-9-17-30-25-24(28-5)23-21(14-11-15-22(23)31-26(25)27)29-18-16-20(4)13-10-12-19(2)3/h7-8,11-12,14-16H,6,9-10,13,17-18H2,1-5H3/b8-7+,20-16+. The Balaban J connectivity index is 2.23. The van der Waals surface area contributed by atoms with E-state index in [0.29, 0.717) is 42.1 Å². The van der Waals surface area contributed by atoms with Gasteiger partial charge in [-0.25, -0.2) is 4.79 Å². The van der Waals surface area contributed by atoms with Crippen molar-refractivity contribution in [3.63, 3.8) is 0 Å².